The van der Waals surface area contributed by atoms with Crippen molar-refractivity contribution in [1.82, 2.24) is 8.47 Å². The summed E-state index contributed by atoms with van der Waals surface area (Å²) in [5.41, 5.74) is 4.86. The van der Waals surface area contributed by atoms with Crippen molar-refractivity contribution in [3.05, 3.63) is 59.6 Å². The van der Waals surface area contributed by atoms with Crippen LogP contribution in [0.3, 0.4) is 0 Å². The zero-order chi connectivity index (χ0) is 31.9. The average Bonchev–Trinajstić information content (AvgIpc) is 3.55. The lowest BCUT2D eigenvalue weighted by molar-refractivity contribution is -0.117. The molecule has 0 N–H and O–H groups in total. The summed E-state index contributed by atoms with van der Waals surface area (Å²) in [6.45, 7) is 27.7. The van der Waals surface area contributed by atoms with Crippen molar-refractivity contribution < 1.29 is 19.1 Å². The first-order chi connectivity index (χ1) is 19.6. The topological polar surface area (TPSA) is 62.5 Å². The highest BCUT2D eigenvalue weighted by Crippen LogP contribution is 2.46. The summed E-state index contributed by atoms with van der Waals surface area (Å²) >= 11 is 0. The second-order valence-corrected chi connectivity index (χ2v) is 25.3. The highest BCUT2D eigenvalue weighted by molar-refractivity contribution is 6.82. The van der Waals surface area contributed by atoms with E-state index < -0.39 is 16.5 Å². The van der Waals surface area contributed by atoms with E-state index in [4.69, 9.17) is 9.47 Å². The van der Waals surface area contributed by atoms with Crippen LogP contribution in [0, 0.1) is 0 Å². The predicted molar refractivity (Wildman–Crippen MR) is 180 cm³/mol. The molecule has 0 amide bonds. The Kier molecular flexibility index (Phi) is 10.1. The molecule has 0 aliphatic heterocycles. The van der Waals surface area contributed by atoms with Crippen molar-refractivity contribution in [3.8, 4) is 0 Å². The molecule has 0 fully saturated rings. The van der Waals surface area contributed by atoms with E-state index in [2.05, 4.69) is 116 Å². The summed E-state index contributed by atoms with van der Waals surface area (Å²) < 4.78 is 16.2. The molecule has 42 heavy (non-hydrogen) atoms. The van der Waals surface area contributed by atoms with Crippen LogP contribution in [-0.4, -0.2) is 50.7 Å². The first-order valence-corrected chi connectivity index (χ1v) is 20.0. The van der Waals surface area contributed by atoms with E-state index in [9.17, 15) is 9.59 Å². The van der Waals surface area contributed by atoms with Crippen molar-refractivity contribution in [3.63, 3.8) is 0 Å². The van der Waals surface area contributed by atoms with Gasteiger partial charge in [-0.2, -0.15) is 0 Å². The van der Waals surface area contributed by atoms with E-state index in [1.807, 2.05) is 12.1 Å². The first-order valence-electron chi connectivity index (χ1n) is 15.6. The number of ether oxygens (including phenoxy) is 2. The molecule has 0 unspecified atom stereocenters. The van der Waals surface area contributed by atoms with Crippen LogP contribution in [-0.2, 0) is 19.1 Å². The Morgan fingerprint density at radius 3 is 1.00 bits per heavy atom. The summed E-state index contributed by atoms with van der Waals surface area (Å²) in [7, 11) is -1.13. The molecule has 6 nitrogen and oxygen atoms in total. The van der Waals surface area contributed by atoms with Crippen LogP contribution in [0.1, 0.15) is 94.2 Å². The predicted octanol–water partition coefficient (Wildman–Crippen LogP) is 8.90. The minimum absolute atomic E-state index is 0.0762. The fourth-order valence-electron chi connectivity index (χ4n) is 8.93. The molecular formula is C34H54N2O4Si2. The Morgan fingerprint density at radius 2 is 0.786 bits per heavy atom. The van der Waals surface area contributed by atoms with Crippen molar-refractivity contribution >= 4 is 39.2 Å². The molecule has 232 valence electrons. The molecule has 1 aliphatic rings. The van der Waals surface area contributed by atoms with Gasteiger partial charge < -0.3 is 17.9 Å². The quantitative estimate of drug-likeness (QED) is 0.178. The van der Waals surface area contributed by atoms with Crippen molar-refractivity contribution in [2.75, 3.05) is 14.2 Å². The number of Topliss-reactive ketones (excluding diaryl/α,β-unsaturated/α-hetero) is 2. The van der Waals surface area contributed by atoms with Gasteiger partial charge in [-0.15, -0.1) is 0 Å². The summed E-state index contributed by atoms with van der Waals surface area (Å²) in [6, 6.07) is 3.91. The van der Waals surface area contributed by atoms with E-state index in [1.165, 1.54) is 14.2 Å². The van der Waals surface area contributed by atoms with Gasteiger partial charge in [0.25, 0.3) is 0 Å². The Bertz CT molecular complexity index is 1220. The second-order valence-electron chi connectivity index (χ2n) is 13.8. The van der Waals surface area contributed by atoms with Gasteiger partial charge in [-0.1, -0.05) is 83.1 Å². The van der Waals surface area contributed by atoms with Crippen LogP contribution in [0.25, 0.3) is 11.1 Å². The monoisotopic (exact) mass is 610 g/mol. The van der Waals surface area contributed by atoms with Gasteiger partial charge in [0.2, 0.25) is 11.6 Å². The van der Waals surface area contributed by atoms with Crippen molar-refractivity contribution in [1.29, 1.82) is 0 Å². The molecule has 0 aromatic carbocycles. The van der Waals surface area contributed by atoms with Gasteiger partial charge >= 0.3 is 0 Å². The Morgan fingerprint density at radius 1 is 0.524 bits per heavy atom. The molecule has 8 heteroatoms. The zero-order valence-electron chi connectivity index (χ0n) is 28.5. The van der Waals surface area contributed by atoms with Crippen LogP contribution in [0.2, 0.25) is 33.2 Å². The number of ketones is 2. The summed E-state index contributed by atoms with van der Waals surface area (Å²) in [4.78, 5) is 28.4. The maximum Gasteiger partial charge on any atom is 0.232 e. The Hall–Kier alpha value is -2.59. The van der Waals surface area contributed by atoms with Gasteiger partial charge in [0.15, 0.2) is 28.0 Å². The fourth-order valence-corrected chi connectivity index (χ4v) is 21.9. The molecule has 2 aromatic heterocycles. The molecule has 3 rings (SSSR count). The number of carbonyl (C=O) groups excluding carboxylic acids is 2. The number of allylic oxidation sites excluding steroid dienone is 2. The molecule has 0 atom stereocenters. The van der Waals surface area contributed by atoms with Crippen molar-refractivity contribution in [2.45, 2.75) is 116 Å². The van der Waals surface area contributed by atoms with Crippen LogP contribution in [0.4, 0.5) is 0 Å². The number of hydrogen-bond donors (Lipinski definition) is 0. The number of carbonyl (C=O) groups is 2. The molecule has 0 spiro atoms. The second kappa shape index (κ2) is 12.6. The van der Waals surface area contributed by atoms with E-state index in [1.54, 1.807) is 0 Å². The molecule has 0 radical (unpaired) electrons. The zero-order valence-corrected chi connectivity index (χ0v) is 30.5. The number of rotatable bonds is 12. The Balaban J connectivity index is 2.20. The molecule has 2 heterocycles. The largest absolute Gasteiger partial charge is 0.492 e. The summed E-state index contributed by atoms with van der Waals surface area (Å²) in [5.74, 6) is -0.486. The molecule has 2 aromatic rings. The highest BCUT2D eigenvalue weighted by Gasteiger charge is 2.47. The van der Waals surface area contributed by atoms with E-state index in [0.29, 0.717) is 44.4 Å². The van der Waals surface area contributed by atoms with Crippen molar-refractivity contribution in [2.24, 2.45) is 0 Å². The first kappa shape index (κ1) is 33.9. The lowest BCUT2D eigenvalue weighted by atomic mass is 9.87. The highest BCUT2D eigenvalue weighted by atomic mass is 28.3. The maximum absolute atomic E-state index is 14.2. The van der Waals surface area contributed by atoms with Crippen LogP contribution < -0.4 is 0 Å². The van der Waals surface area contributed by atoms with Gasteiger partial charge in [-0.3, -0.25) is 9.59 Å². The normalized spacial score (nSPS) is 15.6. The third kappa shape index (κ3) is 5.02. The smallest absolute Gasteiger partial charge is 0.232 e. The number of nitrogens with zero attached hydrogens (tertiary/aromatic N) is 2. The lowest BCUT2D eigenvalue weighted by Crippen LogP contribution is -2.51. The number of methoxy groups -OCH3 is 2. The third-order valence-electron chi connectivity index (χ3n) is 10.1. The average molecular weight is 611 g/mol. The molecular weight excluding hydrogens is 557 g/mol. The maximum atomic E-state index is 14.2. The molecule has 0 saturated heterocycles. The SMILES string of the molecule is COC1=C(c2ccn([Si](C(C)C)(C(C)C)C(C)C)c2)C(=O)C(OC)=C(c2ccn([Si](C(C)C)(C(C)C)C(C)C)c2)C1=O. The summed E-state index contributed by atoms with van der Waals surface area (Å²) in [6.07, 6.45) is 8.32. The minimum atomic E-state index is -2.04. The third-order valence-corrected chi connectivity index (χ3v) is 23.6. The van der Waals surface area contributed by atoms with Crippen LogP contribution >= 0.6 is 0 Å². The van der Waals surface area contributed by atoms with E-state index in [-0.39, 0.29) is 34.2 Å². The van der Waals surface area contributed by atoms with Gasteiger partial charge in [-0.05, 0) is 57.8 Å². The van der Waals surface area contributed by atoms with Gasteiger partial charge in [0.05, 0.1) is 25.4 Å². The Labute approximate surface area is 256 Å². The number of hydrogen-bond acceptors (Lipinski definition) is 4. The van der Waals surface area contributed by atoms with Crippen LogP contribution in [0.15, 0.2) is 48.4 Å². The fraction of sp³-hybridized carbons (Fsp3) is 0.588. The van der Waals surface area contributed by atoms with E-state index >= 15 is 0 Å². The van der Waals surface area contributed by atoms with Gasteiger partial charge in [0.1, 0.15) is 0 Å². The van der Waals surface area contributed by atoms with Gasteiger partial charge in [0, 0.05) is 23.5 Å². The van der Waals surface area contributed by atoms with Gasteiger partial charge in [-0.25, -0.2) is 0 Å². The minimum Gasteiger partial charge on any atom is -0.492 e. The van der Waals surface area contributed by atoms with E-state index in [0.717, 1.165) is 0 Å². The standard InChI is InChI=1S/C34H54N2O4Si2/c1-21(2)41(22(3)4,23(5)6)35-17-15-27(19-35)29-31(37)34(40-14)30(32(38)33(29)39-13)28-16-18-36(20-28)42(24(7)8,25(9)10)26(11)12/h15-26H,1-14H3. The molecule has 0 saturated carbocycles. The van der Waals surface area contributed by atoms with Crippen LogP contribution in [0.5, 0.6) is 0 Å². The molecule has 0 bridgehead atoms. The molecule has 1 aliphatic carbocycles. The lowest BCUT2D eigenvalue weighted by Gasteiger charge is -2.44. The summed E-state index contributed by atoms with van der Waals surface area (Å²) in [5, 5.41) is 0. The number of aromatic nitrogens is 2.